The predicted octanol–water partition coefficient (Wildman–Crippen LogP) is 8.33. The number of hydrogen-bond donors (Lipinski definition) is 2. The van der Waals surface area contributed by atoms with E-state index in [0.29, 0.717) is 23.2 Å². The Morgan fingerprint density at radius 1 is 1.11 bits per heavy atom. The number of nitrogens with zero attached hydrogens (tertiary/aromatic N) is 2. The van der Waals surface area contributed by atoms with E-state index in [2.05, 4.69) is 29.7 Å². The zero-order chi connectivity index (χ0) is 34.9. The summed E-state index contributed by atoms with van der Waals surface area (Å²) in [6.45, 7) is 14.3. The summed E-state index contributed by atoms with van der Waals surface area (Å²) in [6.07, 6.45) is -9.77. The van der Waals surface area contributed by atoms with Crippen LogP contribution in [0.2, 0.25) is 25.7 Å². The molecule has 46 heavy (non-hydrogen) atoms. The van der Waals surface area contributed by atoms with E-state index in [9.17, 15) is 35.7 Å². The molecule has 0 bridgehead atoms. The molecule has 0 radical (unpaired) electrons. The fourth-order valence-corrected chi connectivity index (χ4v) is 6.37. The van der Waals surface area contributed by atoms with E-state index in [-0.39, 0.29) is 18.5 Å². The van der Waals surface area contributed by atoms with Crippen molar-refractivity contribution in [1.29, 1.82) is 0 Å². The molecule has 1 amide bonds. The standard InChI is InChI=1S/C31H48F6N4O3SSi/c1-28(2,3)45(43)40-23(18-29(4,5)31(35,36)37)27-38-22-12-11-21(17-24(22)41(27)19-44-15-16-46(6,7)8)26(20-9-10-20)39-25(42)13-14-30(32,33)34/h11-12,17,20,23,26,40H,9-10,13-16,18-19H2,1-8H3,(H,39,42)/t23-,26?,45?/m0/s1. The van der Waals surface area contributed by atoms with Crippen LogP contribution in [0.4, 0.5) is 26.3 Å². The van der Waals surface area contributed by atoms with Gasteiger partial charge in [-0.3, -0.25) is 4.79 Å². The van der Waals surface area contributed by atoms with Crippen molar-refractivity contribution in [2.24, 2.45) is 11.3 Å². The molecule has 262 valence electrons. The third kappa shape index (κ3) is 11.1. The summed E-state index contributed by atoms with van der Waals surface area (Å²) in [7, 11) is -1.47. The van der Waals surface area contributed by atoms with Gasteiger partial charge in [0.15, 0.2) is 0 Å². The number of fused-ring (bicyclic) bond motifs is 1. The van der Waals surface area contributed by atoms with Crippen LogP contribution in [0.3, 0.4) is 0 Å². The highest BCUT2D eigenvalue weighted by Crippen LogP contribution is 2.45. The van der Waals surface area contributed by atoms with Gasteiger partial charge in [-0.2, -0.15) is 26.3 Å². The van der Waals surface area contributed by atoms with Crippen molar-refractivity contribution in [3.63, 3.8) is 0 Å². The maximum atomic E-state index is 14.1. The molecule has 1 aliphatic rings. The first-order valence-corrected chi connectivity index (χ1v) is 20.4. The number of rotatable bonds is 15. The Morgan fingerprint density at radius 3 is 2.26 bits per heavy atom. The largest absolute Gasteiger partial charge is 0.598 e. The van der Waals surface area contributed by atoms with Crippen molar-refractivity contribution in [1.82, 2.24) is 19.6 Å². The summed E-state index contributed by atoms with van der Waals surface area (Å²) >= 11 is -1.74. The summed E-state index contributed by atoms with van der Waals surface area (Å²) in [5, 5.41) is 2.77. The van der Waals surface area contributed by atoms with Crippen LogP contribution in [-0.4, -0.2) is 51.8 Å². The topological polar surface area (TPSA) is 91.2 Å². The Kier molecular flexibility index (Phi) is 12.1. The minimum absolute atomic E-state index is 0.0292. The highest BCUT2D eigenvalue weighted by molar-refractivity contribution is 7.90. The number of carbonyl (C=O) groups is 1. The zero-order valence-electron chi connectivity index (χ0n) is 27.9. The molecule has 0 saturated heterocycles. The molecular formula is C31H48F6N4O3SSi. The minimum atomic E-state index is -4.55. The third-order valence-corrected chi connectivity index (χ3v) is 11.3. The third-order valence-electron chi connectivity index (χ3n) is 8.02. The second-order valence-electron chi connectivity index (χ2n) is 15.1. The molecule has 1 fully saturated rings. The number of amides is 1. The van der Waals surface area contributed by atoms with Gasteiger partial charge in [0.2, 0.25) is 5.91 Å². The first-order valence-electron chi connectivity index (χ1n) is 15.6. The van der Waals surface area contributed by atoms with E-state index in [1.807, 2.05) is 0 Å². The Hall–Kier alpha value is -1.81. The lowest BCUT2D eigenvalue weighted by molar-refractivity contribution is -0.215. The number of aromatic nitrogens is 2. The second-order valence-corrected chi connectivity index (χ2v) is 22.7. The zero-order valence-corrected chi connectivity index (χ0v) is 29.7. The van der Waals surface area contributed by atoms with Gasteiger partial charge in [0.1, 0.15) is 23.3 Å². The number of hydrogen-bond acceptors (Lipinski definition) is 5. The quantitative estimate of drug-likeness (QED) is 0.0845. The van der Waals surface area contributed by atoms with Gasteiger partial charge in [-0.25, -0.2) is 4.98 Å². The van der Waals surface area contributed by atoms with E-state index in [4.69, 9.17) is 9.72 Å². The van der Waals surface area contributed by atoms with E-state index in [0.717, 1.165) is 32.7 Å². The lowest BCUT2D eigenvalue weighted by Crippen LogP contribution is -2.45. The maximum absolute atomic E-state index is 14.1. The van der Waals surface area contributed by atoms with Crippen LogP contribution in [0.25, 0.3) is 11.0 Å². The summed E-state index contributed by atoms with van der Waals surface area (Å²) < 4.78 is 104. The highest BCUT2D eigenvalue weighted by atomic mass is 32.2. The van der Waals surface area contributed by atoms with Crippen molar-refractivity contribution in [2.45, 2.75) is 128 Å². The van der Waals surface area contributed by atoms with Crippen molar-refractivity contribution < 1.29 is 40.4 Å². The number of imidazole rings is 1. The molecule has 1 heterocycles. The Morgan fingerprint density at radius 2 is 1.74 bits per heavy atom. The minimum Gasteiger partial charge on any atom is -0.598 e. The van der Waals surface area contributed by atoms with Crippen molar-refractivity contribution in [2.75, 3.05) is 6.61 Å². The highest BCUT2D eigenvalue weighted by Gasteiger charge is 2.50. The summed E-state index contributed by atoms with van der Waals surface area (Å²) in [4.78, 5) is 17.2. The van der Waals surface area contributed by atoms with E-state index < -0.39 is 79.2 Å². The number of halogens is 6. The molecular weight excluding hydrogens is 651 g/mol. The van der Waals surface area contributed by atoms with Crippen molar-refractivity contribution >= 4 is 36.4 Å². The number of benzene rings is 1. The Labute approximate surface area is 271 Å². The molecule has 1 saturated carbocycles. The monoisotopic (exact) mass is 698 g/mol. The molecule has 15 heteroatoms. The predicted molar refractivity (Wildman–Crippen MR) is 171 cm³/mol. The Balaban J connectivity index is 2.08. The molecule has 1 aromatic heterocycles. The molecule has 1 aliphatic carbocycles. The molecule has 3 atom stereocenters. The van der Waals surface area contributed by atoms with Gasteiger partial charge in [-0.1, -0.05) is 39.6 Å². The molecule has 2 unspecified atom stereocenters. The van der Waals surface area contributed by atoms with Crippen LogP contribution < -0.4 is 10.0 Å². The lowest BCUT2D eigenvalue weighted by atomic mass is 9.85. The van der Waals surface area contributed by atoms with Crippen molar-refractivity contribution in [3.8, 4) is 0 Å². The molecule has 0 aliphatic heterocycles. The molecule has 2 N–H and O–H groups in total. The summed E-state index contributed by atoms with van der Waals surface area (Å²) in [6, 6.07) is 4.44. The fourth-order valence-electron chi connectivity index (χ4n) is 4.81. The van der Waals surface area contributed by atoms with Crippen LogP contribution >= 0.6 is 0 Å². The lowest BCUT2D eigenvalue weighted by Gasteiger charge is -2.34. The van der Waals surface area contributed by atoms with Crippen LogP contribution in [-0.2, 0) is 27.6 Å². The average molecular weight is 699 g/mol. The van der Waals surface area contributed by atoms with Gasteiger partial charge in [-0.15, -0.1) is 4.72 Å². The second kappa shape index (κ2) is 14.3. The van der Waals surface area contributed by atoms with Gasteiger partial charge in [0.25, 0.3) is 0 Å². The molecule has 0 spiro atoms. The number of ether oxygens (including phenoxy) is 1. The van der Waals surface area contributed by atoms with Crippen LogP contribution in [0.15, 0.2) is 18.2 Å². The summed E-state index contributed by atoms with van der Waals surface area (Å²) in [5.41, 5.74) is -0.502. The molecule has 1 aromatic carbocycles. The van der Waals surface area contributed by atoms with Gasteiger partial charge in [0, 0.05) is 32.5 Å². The molecule has 3 rings (SSSR count). The fraction of sp³-hybridized carbons (Fsp3) is 0.742. The van der Waals surface area contributed by atoms with Gasteiger partial charge < -0.3 is 19.2 Å². The number of nitrogens with one attached hydrogen (secondary N) is 2. The molecule has 7 nitrogen and oxygen atoms in total. The van der Waals surface area contributed by atoms with Crippen LogP contribution in [0.1, 0.15) is 90.2 Å². The van der Waals surface area contributed by atoms with Crippen LogP contribution in [0.5, 0.6) is 0 Å². The Bertz CT molecular complexity index is 1330. The number of alkyl halides is 6. The summed E-state index contributed by atoms with van der Waals surface area (Å²) in [5.74, 6) is -0.430. The van der Waals surface area contributed by atoms with E-state index in [1.165, 1.54) is 0 Å². The average Bonchev–Trinajstić information content (AvgIpc) is 3.66. The SMILES string of the molecule is CC(C)(C)[S+]([O-])N[C@@H](CC(C)(C)C(F)(F)F)c1nc2ccc(C(NC(=O)CCC(F)(F)F)C3CC3)cc2n1COCC[Si](C)(C)C. The first-order chi connectivity index (χ1) is 20.9. The van der Waals surface area contributed by atoms with Gasteiger partial charge in [-0.05, 0) is 69.7 Å². The first kappa shape index (κ1) is 38.6. The van der Waals surface area contributed by atoms with Crippen molar-refractivity contribution in [3.05, 3.63) is 29.6 Å². The number of carbonyl (C=O) groups excluding carboxylic acids is 1. The smallest absolute Gasteiger partial charge is 0.394 e. The van der Waals surface area contributed by atoms with E-state index >= 15 is 0 Å². The van der Waals surface area contributed by atoms with E-state index in [1.54, 1.807) is 43.5 Å². The normalized spacial score (nSPS) is 17.3. The molecule has 2 aromatic rings. The van der Waals surface area contributed by atoms with Crippen LogP contribution in [0, 0.1) is 11.3 Å². The maximum Gasteiger partial charge on any atom is 0.394 e. The van der Waals surface area contributed by atoms with Gasteiger partial charge >= 0.3 is 12.4 Å². The van der Waals surface area contributed by atoms with Gasteiger partial charge in [0.05, 0.1) is 28.9 Å².